The van der Waals surface area contributed by atoms with Crippen molar-refractivity contribution in [3.63, 3.8) is 0 Å². The van der Waals surface area contributed by atoms with Crippen molar-refractivity contribution in [1.29, 1.82) is 0 Å². The van der Waals surface area contributed by atoms with Gasteiger partial charge in [0.25, 0.3) is 5.91 Å². The highest BCUT2D eigenvalue weighted by Crippen LogP contribution is 2.36. The minimum atomic E-state index is 0.125. The SMILES string of the molecule is COc1ccc(-c2nc(C(=O)N(C3CCCC3)C3CC3)cs2)cc1. The van der Waals surface area contributed by atoms with Crippen LogP contribution in [0, 0.1) is 0 Å². The normalized spacial score (nSPS) is 17.9. The van der Waals surface area contributed by atoms with Crippen LogP contribution < -0.4 is 4.74 Å². The molecule has 0 radical (unpaired) electrons. The van der Waals surface area contributed by atoms with E-state index in [0.29, 0.717) is 17.8 Å². The Labute approximate surface area is 146 Å². The van der Waals surface area contributed by atoms with E-state index >= 15 is 0 Å². The second kappa shape index (κ2) is 6.55. The molecule has 2 saturated carbocycles. The molecule has 1 aromatic heterocycles. The molecule has 0 aliphatic heterocycles. The molecule has 1 heterocycles. The number of aromatic nitrogens is 1. The topological polar surface area (TPSA) is 42.4 Å². The van der Waals surface area contributed by atoms with E-state index in [1.807, 2.05) is 29.6 Å². The summed E-state index contributed by atoms with van der Waals surface area (Å²) in [6.45, 7) is 0. The smallest absolute Gasteiger partial charge is 0.273 e. The third-order valence-electron chi connectivity index (χ3n) is 4.95. The minimum Gasteiger partial charge on any atom is -0.497 e. The number of hydrogen-bond acceptors (Lipinski definition) is 4. The van der Waals surface area contributed by atoms with Gasteiger partial charge in [0.15, 0.2) is 0 Å². The second-order valence-electron chi connectivity index (χ2n) is 6.65. The summed E-state index contributed by atoms with van der Waals surface area (Å²) in [5, 5.41) is 2.80. The summed E-state index contributed by atoms with van der Waals surface area (Å²) in [7, 11) is 1.66. The molecular formula is C19H22N2O2S. The molecule has 2 aromatic rings. The Bertz CT molecular complexity index is 715. The molecule has 126 valence electrons. The highest BCUT2D eigenvalue weighted by Gasteiger charge is 2.39. The molecule has 0 spiro atoms. The fourth-order valence-electron chi connectivity index (χ4n) is 3.54. The maximum Gasteiger partial charge on any atom is 0.273 e. The number of benzene rings is 1. The van der Waals surface area contributed by atoms with Crippen molar-refractivity contribution in [3.05, 3.63) is 35.3 Å². The molecule has 2 aliphatic carbocycles. The van der Waals surface area contributed by atoms with Gasteiger partial charge in [0.2, 0.25) is 0 Å². The summed E-state index contributed by atoms with van der Waals surface area (Å²) < 4.78 is 5.19. The number of methoxy groups -OCH3 is 1. The number of amides is 1. The summed E-state index contributed by atoms with van der Waals surface area (Å²) in [6.07, 6.45) is 7.09. The first kappa shape index (κ1) is 15.6. The van der Waals surface area contributed by atoms with Crippen molar-refractivity contribution in [2.24, 2.45) is 0 Å². The molecular weight excluding hydrogens is 320 g/mol. The van der Waals surface area contributed by atoms with Gasteiger partial charge < -0.3 is 9.64 Å². The third-order valence-corrected chi connectivity index (χ3v) is 5.84. The molecule has 1 aromatic carbocycles. The Balaban J connectivity index is 1.55. The first-order valence-corrected chi connectivity index (χ1v) is 9.57. The molecule has 2 fully saturated rings. The third kappa shape index (κ3) is 3.05. The zero-order valence-corrected chi connectivity index (χ0v) is 14.7. The van der Waals surface area contributed by atoms with Crippen LogP contribution in [-0.2, 0) is 0 Å². The molecule has 4 nitrogen and oxygen atoms in total. The van der Waals surface area contributed by atoms with Gasteiger partial charge in [-0.05, 0) is 49.9 Å². The van der Waals surface area contributed by atoms with E-state index in [-0.39, 0.29) is 5.91 Å². The maximum absolute atomic E-state index is 13.0. The largest absolute Gasteiger partial charge is 0.497 e. The standard InChI is InChI=1S/C19H22N2O2S/c1-23-16-10-6-13(7-11-16)18-20-17(12-24-18)19(22)21(15-8-9-15)14-4-2-3-5-14/h6-7,10-12,14-15H,2-5,8-9H2,1H3. The fourth-order valence-corrected chi connectivity index (χ4v) is 4.34. The molecule has 0 N–H and O–H groups in total. The van der Waals surface area contributed by atoms with Gasteiger partial charge in [0.05, 0.1) is 7.11 Å². The summed E-state index contributed by atoms with van der Waals surface area (Å²) >= 11 is 1.54. The van der Waals surface area contributed by atoms with Crippen LogP contribution in [0.4, 0.5) is 0 Å². The fraction of sp³-hybridized carbons (Fsp3) is 0.474. The summed E-state index contributed by atoms with van der Waals surface area (Å²) in [5.41, 5.74) is 1.63. The van der Waals surface area contributed by atoms with Gasteiger partial charge in [-0.2, -0.15) is 0 Å². The second-order valence-corrected chi connectivity index (χ2v) is 7.51. The molecule has 0 unspecified atom stereocenters. The number of rotatable bonds is 5. The van der Waals surface area contributed by atoms with Gasteiger partial charge in [-0.15, -0.1) is 11.3 Å². The van der Waals surface area contributed by atoms with Gasteiger partial charge in [-0.3, -0.25) is 4.79 Å². The van der Waals surface area contributed by atoms with E-state index in [1.54, 1.807) is 7.11 Å². The van der Waals surface area contributed by atoms with E-state index in [2.05, 4.69) is 9.88 Å². The number of nitrogens with zero attached hydrogens (tertiary/aromatic N) is 2. The molecule has 5 heteroatoms. The van der Waals surface area contributed by atoms with Crippen molar-refractivity contribution >= 4 is 17.2 Å². The molecule has 4 rings (SSSR count). The van der Waals surface area contributed by atoms with Crippen LogP contribution in [-0.4, -0.2) is 35.0 Å². The lowest BCUT2D eigenvalue weighted by atomic mass is 10.2. The monoisotopic (exact) mass is 342 g/mol. The molecule has 0 saturated heterocycles. The maximum atomic E-state index is 13.0. The van der Waals surface area contributed by atoms with Crippen LogP contribution in [0.2, 0.25) is 0 Å². The number of thiazole rings is 1. The van der Waals surface area contributed by atoms with Crippen molar-refractivity contribution in [2.75, 3.05) is 7.11 Å². The van der Waals surface area contributed by atoms with Crippen molar-refractivity contribution in [3.8, 4) is 16.3 Å². The van der Waals surface area contributed by atoms with Crippen LogP contribution in [0.15, 0.2) is 29.6 Å². The quantitative estimate of drug-likeness (QED) is 0.810. The Morgan fingerprint density at radius 3 is 2.42 bits per heavy atom. The van der Waals surface area contributed by atoms with Crippen LogP contribution in [0.3, 0.4) is 0 Å². The highest BCUT2D eigenvalue weighted by molar-refractivity contribution is 7.13. The van der Waals surface area contributed by atoms with E-state index in [4.69, 9.17) is 4.74 Å². The first-order valence-electron chi connectivity index (χ1n) is 8.69. The van der Waals surface area contributed by atoms with Gasteiger partial charge in [-0.25, -0.2) is 4.98 Å². The Morgan fingerprint density at radius 1 is 1.12 bits per heavy atom. The van der Waals surface area contributed by atoms with E-state index in [1.165, 1.54) is 24.2 Å². The zero-order valence-electron chi connectivity index (χ0n) is 13.9. The summed E-state index contributed by atoms with van der Waals surface area (Å²) in [5.74, 6) is 0.952. The summed E-state index contributed by atoms with van der Waals surface area (Å²) in [4.78, 5) is 19.8. The number of carbonyl (C=O) groups excluding carboxylic acids is 1. The van der Waals surface area contributed by atoms with Gasteiger partial charge in [-0.1, -0.05) is 12.8 Å². The van der Waals surface area contributed by atoms with E-state index < -0.39 is 0 Å². The van der Waals surface area contributed by atoms with Crippen LogP contribution >= 0.6 is 11.3 Å². The average molecular weight is 342 g/mol. The highest BCUT2D eigenvalue weighted by atomic mass is 32.1. The van der Waals surface area contributed by atoms with Crippen molar-refractivity contribution in [2.45, 2.75) is 50.6 Å². The van der Waals surface area contributed by atoms with Gasteiger partial charge >= 0.3 is 0 Å². The van der Waals surface area contributed by atoms with Gasteiger partial charge in [0, 0.05) is 23.0 Å². The number of ether oxygens (including phenoxy) is 1. The summed E-state index contributed by atoms with van der Waals surface area (Å²) in [6, 6.07) is 8.70. The molecule has 0 bridgehead atoms. The lowest BCUT2D eigenvalue weighted by Gasteiger charge is -2.28. The molecule has 0 atom stereocenters. The molecule has 1 amide bonds. The average Bonchev–Trinajstić information content (AvgIpc) is 3.11. The molecule has 2 aliphatic rings. The van der Waals surface area contributed by atoms with E-state index in [0.717, 1.165) is 42.0 Å². The predicted octanol–water partition coefficient (Wildman–Crippen LogP) is 4.37. The van der Waals surface area contributed by atoms with Crippen molar-refractivity contribution < 1.29 is 9.53 Å². The van der Waals surface area contributed by atoms with Crippen LogP contribution in [0.1, 0.15) is 49.0 Å². The Hall–Kier alpha value is -1.88. The van der Waals surface area contributed by atoms with E-state index in [9.17, 15) is 4.79 Å². The zero-order chi connectivity index (χ0) is 16.5. The lowest BCUT2D eigenvalue weighted by Crippen LogP contribution is -2.40. The van der Waals surface area contributed by atoms with Crippen molar-refractivity contribution in [1.82, 2.24) is 9.88 Å². The lowest BCUT2D eigenvalue weighted by molar-refractivity contribution is 0.0659. The number of carbonyl (C=O) groups is 1. The predicted molar refractivity (Wildman–Crippen MR) is 95.5 cm³/mol. The number of hydrogen-bond donors (Lipinski definition) is 0. The minimum absolute atomic E-state index is 0.125. The Kier molecular flexibility index (Phi) is 4.27. The molecule has 24 heavy (non-hydrogen) atoms. The van der Waals surface area contributed by atoms with Crippen LogP contribution in [0.25, 0.3) is 10.6 Å². The Morgan fingerprint density at radius 2 is 1.79 bits per heavy atom. The first-order chi connectivity index (χ1) is 11.8. The van der Waals surface area contributed by atoms with Crippen LogP contribution in [0.5, 0.6) is 5.75 Å². The van der Waals surface area contributed by atoms with Gasteiger partial charge in [0.1, 0.15) is 16.5 Å².